The monoisotopic (exact) mass is 490 g/mol. The molecular formula is C27H27ClN4O3. The average Bonchev–Trinajstić information content (AvgIpc) is 3.16. The number of methoxy groups -OCH3 is 1. The number of nitrogens with zero attached hydrogens (tertiary/aromatic N) is 4. The normalized spacial score (nSPS) is 21.4. The van der Waals surface area contributed by atoms with Crippen LogP contribution in [-0.2, 0) is 0 Å². The SMILES string of the molecule is COc1cc(-n2cnc3ccc(-c4ccc(Cl)cc4)n3c2=O)ccc1N1CC2C(C1)C2C(C)(C)O. The molecule has 4 aromatic rings. The smallest absolute Gasteiger partial charge is 0.340 e. The van der Waals surface area contributed by atoms with Gasteiger partial charge in [-0.3, -0.25) is 4.57 Å². The van der Waals surface area contributed by atoms with Crippen LogP contribution < -0.4 is 15.3 Å². The van der Waals surface area contributed by atoms with Crippen LogP contribution in [0.1, 0.15) is 13.8 Å². The van der Waals surface area contributed by atoms with E-state index in [1.165, 1.54) is 4.57 Å². The Kier molecular flexibility index (Phi) is 4.99. The number of benzene rings is 2. The molecule has 0 bridgehead atoms. The second-order valence-corrected chi connectivity index (χ2v) is 10.5. The highest BCUT2D eigenvalue weighted by Gasteiger charge is 2.61. The van der Waals surface area contributed by atoms with Crippen molar-refractivity contribution in [1.29, 1.82) is 0 Å². The summed E-state index contributed by atoms with van der Waals surface area (Å²) in [5, 5.41) is 11.0. The number of halogens is 1. The van der Waals surface area contributed by atoms with E-state index in [0.717, 1.165) is 30.0 Å². The predicted molar refractivity (Wildman–Crippen MR) is 137 cm³/mol. The van der Waals surface area contributed by atoms with Gasteiger partial charge in [-0.25, -0.2) is 14.2 Å². The molecular weight excluding hydrogens is 464 g/mol. The average molecular weight is 491 g/mol. The number of ether oxygens (including phenoxy) is 1. The molecule has 3 heterocycles. The van der Waals surface area contributed by atoms with Crippen LogP contribution in [0.25, 0.3) is 22.6 Å². The Morgan fingerprint density at radius 1 is 1.06 bits per heavy atom. The summed E-state index contributed by atoms with van der Waals surface area (Å²) in [5.41, 5.74) is 3.06. The third-order valence-electron chi connectivity index (χ3n) is 7.50. The molecule has 1 N–H and O–H groups in total. The molecule has 2 fully saturated rings. The lowest BCUT2D eigenvalue weighted by atomic mass is 9.99. The first kappa shape index (κ1) is 22.2. The van der Waals surface area contributed by atoms with Gasteiger partial charge < -0.3 is 14.7 Å². The number of hydrogen-bond acceptors (Lipinski definition) is 5. The minimum absolute atomic E-state index is 0.213. The third kappa shape index (κ3) is 3.61. The molecule has 35 heavy (non-hydrogen) atoms. The lowest BCUT2D eigenvalue weighted by Gasteiger charge is -2.27. The standard InChI is InChI=1S/C27H27ClN4O3/c1-27(2,34)25-19-13-30(14-20(19)25)22-9-8-18(12-23(22)35-3)31-15-29-24-11-10-21(32(24)26(31)33)16-4-6-17(28)7-5-16/h4-12,15,19-20,25,34H,13-14H2,1-3H3. The first-order valence-electron chi connectivity index (χ1n) is 11.8. The summed E-state index contributed by atoms with van der Waals surface area (Å²) in [6, 6.07) is 16.9. The van der Waals surface area contributed by atoms with Gasteiger partial charge in [0.15, 0.2) is 0 Å². The Labute approximate surface area is 208 Å². The van der Waals surface area contributed by atoms with Gasteiger partial charge in [-0.15, -0.1) is 0 Å². The van der Waals surface area contributed by atoms with Gasteiger partial charge in [0.1, 0.15) is 17.7 Å². The molecule has 2 atom stereocenters. The molecule has 0 spiro atoms. The summed E-state index contributed by atoms with van der Waals surface area (Å²) in [4.78, 5) is 20.4. The molecule has 2 unspecified atom stereocenters. The van der Waals surface area contributed by atoms with Gasteiger partial charge in [0.25, 0.3) is 0 Å². The Hall–Kier alpha value is -3.29. The summed E-state index contributed by atoms with van der Waals surface area (Å²) in [7, 11) is 1.65. The van der Waals surface area contributed by atoms with Gasteiger partial charge in [-0.05, 0) is 73.6 Å². The van der Waals surface area contributed by atoms with E-state index in [1.54, 1.807) is 30.0 Å². The fourth-order valence-electron chi connectivity index (χ4n) is 5.87. The van der Waals surface area contributed by atoms with Crippen LogP contribution in [0.3, 0.4) is 0 Å². The number of piperidine rings is 1. The zero-order valence-electron chi connectivity index (χ0n) is 19.9. The van der Waals surface area contributed by atoms with Gasteiger partial charge in [0, 0.05) is 24.2 Å². The molecule has 0 radical (unpaired) electrons. The molecule has 8 heteroatoms. The maximum atomic E-state index is 13.6. The highest BCUT2D eigenvalue weighted by atomic mass is 35.5. The zero-order chi connectivity index (χ0) is 24.5. The maximum Gasteiger partial charge on any atom is 0.340 e. The number of fused-ring (bicyclic) bond motifs is 2. The van der Waals surface area contributed by atoms with Crippen LogP contribution in [0.5, 0.6) is 5.75 Å². The minimum atomic E-state index is -0.633. The van der Waals surface area contributed by atoms with E-state index in [1.807, 2.05) is 56.3 Å². The van der Waals surface area contributed by atoms with Crippen molar-refractivity contribution in [1.82, 2.24) is 14.0 Å². The molecule has 1 aliphatic heterocycles. The second kappa shape index (κ2) is 7.86. The number of aromatic nitrogens is 3. The van der Waals surface area contributed by atoms with Crippen molar-refractivity contribution >= 4 is 22.9 Å². The summed E-state index contributed by atoms with van der Waals surface area (Å²) in [6.45, 7) is 5.61. The summed E-state index contributed by atoms with van der Waals surface area (Å²) in [6.07, 6.45) is 1.55. The van der Waals surface area contributed by atoms with Crippen molar-refractivity contribution in [3.8, 4) is 22.7 Å². The van der Waals surface area contributed by atoms with E-state index in [2.05, 4.69) is 9.88 Å². The number of anilines is 1. The molecule has 7 nitrogen and oxygen atoms in total. The molecule has 6 rings (SSSR count). The van der Waals surface area contributed by atoms with Gasteiger partial charge in [-0.2, -0.15) is 0 Å². The summed E-state index contributed by atoms with van der Waals surface area (Å²) >= 11 is 6.04. The van der Waals surface area contributed by atoms with E-state index >= 15 is 0 Å². The first-order chi connectivity index (χ1) is 16.8. The van der Waals surface area contributed by atoms with Gasteiger partial charge in [0.05, 0.1) is 29.8 Å². The van der Waals surface area contributed by atoms with Crippen LogP contribution >= 0.6 is 11.6 Å². The number of rotatable bonds is 5. The molecule has 0 amide bonds. The number of aliphatic hydroxyl groups is 1. The molecule has 180 valence electrons. The van der Waals surface area contributed by atoms with E-state index < -0.39 is 5.60 Å². The molecule has 1 aliphatic carbocycles. The fourth-order valence-corrected chi connectivity index (χ4v) is 6.00. The van der Waals surface area contributed by atoms with Crippen LogP contribution in [-0.4, -0.2) is 44.9 Å². The zero-order valence-corrected chi connectivity index (χ0v) is 20.6. The van der Waals surface area contributed by atoms with Crippen LogP contribution in [0.4, 0.5) is 5.69 Å². The second-order valence-electron chi connectivity index (χ2n) is 10.1. The topological polar surface area (TPSA) is 72.0 Å². The maximum absolute atomic E-state index is 13.6. The Morgan fingerprint density at radius 2 is 1.77 bits per heavy atom. The lowest BCUT2D eigenvalue weighted by molar-refractivity contribution is 0.0453. The van der Waals surface area contributed by atoms with Crippen LogP contribution in [0.2, 0.25) is 5.02 Å². The first-order valence-corrected chi connectivity index (χ1v) is 12.1. The predicted octanol–water partition coefficient (Wildman–Crippen LogP) is 4.27. The van der Waals surface area contributed by atoms with Crippen molar-refractivity contribution in [3.05, 3.63) is 76.4 Å². The largest absolute Gasteiger partial charge is 0.495 e. The summed E-state index contributed by atoms with van der Waals surface area (Å²) in [5.74, 6) is 2.08. The van der Waals surface area contributed by atoms with Crippen LogP contribution in [0, 0.1) is 17.8 Å². The highest BCUT2D eigenvalue weighted by molar-refractivity contribution is 6.30. The van der Waals surface area contributed by atoms with Crippen molar-refractivity contribution in [2.75, 3.05) is 25.1 Å². The lowest BCUT2D eigenvalue weighted by Crippen LogP contribution is -2.32. The minimum Gasteiger partial charge on any atom is -0.495 e. The van der Waals surface area contributed by atoms with Crippen molar-refractivity contribution in [2.24, 2.45) is 17.8 Å². The quantitative estimate of drug-likeness (QED) is 0.452. The third-order valence-corrected chi connectivity index (χ3v) is 7.75. The van der Waals surface area contributed by atoms with Crippen molar-refractivity contribution in [2.45, 2.75) is 19.4 Å². The van der Waals surface area contributed by atoms with Gasteiger partial charge in [-0.1, -0.05) is 23.7 Å². The Bertz CT molecular complexity index is 1470. The van der Waals surface area contributed by atoms with E-state index in [-0.39, 0.29) is 5.69 Å². The number of hydrogen-bond donors (Lipinski definition) is 1. The molecule has 2 aliphatic rings. The molecule has 2 aromatic carbocycles. The van der Waals surface area contributed by atoms with Gasteiger partial charge in [0.2, 0.25) is 0 Å². The van der Waals surface area contributed by atoms with Gasteiger partial charge >= 0.3 is 5.69 Å². The van der Waals surface area contributed by atoms with E-state index in [0.29, 0.717) is 39.9 Å². The highest BCUT2D eigenvalue weighted by Crippen LogP contribution is 2.58. The Balaban J connectivity index is 1.34. The van der Waals surface area contributed by atoms with Crippen molar-refractivity contribution < 1.29 is 9.84 Å². The molecule has 1 saturated carbocycles. The molecule has 1 saturated heterocycles. The van der Waals surface area contributed by atoms with Crippen molar-refractivity contribution in [3.63, 3.8) is 0 Å². The molecule has 2 aromatic heterocycles. The van der Waals surface area contributed by atoms with Crippen LogP contribution in [0.15, 0.2) is 65.7 Å². The summed E-state index contributed by atoms with van der Waals surface area (Å²) < 4.78 is 8.87. The van der Waals surface area contributed by atoms with E-state index in [9.17, 15) is 9.90 Å². The fraction of sp³-hybridized carbons (Fsp3) is 0.333. The Morgan fingerprint density at radius 3 is 2.43 bits per heavy atom. The van der Waals surface area contributed by atoms with E-state index in [4.69, 9.17) is 16.3 Å².